The third-order valence-corrected chi connectivity index (χ3v) is 3.36. The van der Waals surface area contributed by atoms with Crippen LogP contribution in [0.1, 0.15) is 12.6 Å². The maximum Gasteiger partial charge on any atom is 0.283 e. The van der Waals surface area contributed by atoms with Crippen LogP contribution in [0.5, 0.6) is 0 Å². The number of nitrogens with one attached hydrogen (secondary N) is 1. The van der Waals surface area contributed by atoms with E-state index in [1.807, 2.05) is 17.7 Å². The number of hydrogen-bond acceptors (Lipinski definition) is 4. The number of aromatic nitrogens is 2. The fraction of sp³-hybridized carbons (Fsp3) is 0.250. The van der Waals surface area contributed by atoms with E-state index in [2.05, 4.69) is 26.3 Å². The minimum absolute atomic E-state index is 0.0594. The smallest absolute Gasteiger partial charge is 0.283 e. The van der Waals surface area contributed by atoms with Gasteiger partial charge in [-0.1, -0.05) is 0 Å². The van der Waals surface area contributed by atoms with Gasteiger partial charge in [-0.2, -0.15) is 5.10 Å². The lowest BCUT2D eigenvalue weighted by Gasteiger charge is -2.08. The summed E-state index contributed by atoms with van der Waals surface area (Å²) in [6, 6.07) is 6.81. The quantitative estimate of drug-likeness (QED) is 0.677. The Morgan fingerprint density at radius 1 is 1.47 bits per heavy atom. The van der Waals surface area contributed by atoms with Gasteiger partial charge in [0.05, 0.1) is 21.6 Å². The van der Waals surface area contributed by atoms with Gasteiger partial charge in [0.1, 0.15) is 0 Å². The molecule has 1 heterocycles. The minimum atomic E-state index is -0.417. The second-order valence-corrected chi connectivity index (χ2v) is 4.77. The Morgan fingerprint density at radius 2 is 2.26 bits per heavy atom. The summed E-state index contributed by atoms with van der Waals surface area (Å²) < 4.78 is 2.36. The summed E-state index contributed by atoms with van der Waals surface area (Å²) in [5.74, 6) is 0. The van der Waals surface area contributed by atoms with Crippen LogP contribution in [-0.2, 0) is 13.1 Å². The molecule has 1 aromatic carbocycles. The fourth-order valence-corrected chi connectivity index (χ4v) is 2.28. The van der Waals surface area contributed by atoms with Gasteiger partial charge in [0.25, 0.3) is 5.69 Å². The molecule has 0 amide bonds. The molecule has 0 unspecified atom stereocenters. The maximum atomic E-state index is 10.7. The molecule has 19 heavy (non-hydrogen) atoms. The first-order valence-corrected chi connectivity index (χ1v) is 6.59. The van der Waals surface area contributed by atoms with E-state index in [0.717, 1.165) is 17.9 Å². The number of halogens is 1. The van der Waals surface area contributed by atoms with E-state index in [1.54, 1.807) is 18.3 Å². The second kappa shape index (κ2) is 5.83. The van der Waals surface area contributed by atoms with Crippen molar-refractivity contribution in [3.63, 3.8) is 0 Å². The fourth-order valence-electron chi connectivity index (χ4n) is 1.75. The van der Waals surface area contributed by atoms with Crippen molar-refractivity contribution in [2.75, 3.05) is 5.32 Å². The molecule has 0 saturated heterocycles. The number of nitrogens with zero attached hydrogens (tertiary/aromatic N) is 3. The molecule has 2 aromatic rings. The molecule has 0 aliphatic carbocycles. The van der Waals surface area contributed by atoms with Crippen molar-refractivity contribution in [2.24, 2.45) is 0 Å². The minimum Gasteiger partial charge on any atom is -0.379 e. The topological polar surface area (TPSA) is 73.0 Å². The zero-order valence-electron chi connectivity index (χ0n) is 10.3. The van der Waals surface area contributed by atoms with Gasteiger partial charge in [-0.3, -0.25) is 14.8 Å². The lowest BCUT2D eigenvalue weighted by molar-refractivity contribution is -0.385. The Labute approximate surface area is 118 Å². The van der Waals surface area contributed by atoms with E-state index in [-0.39, 0.29) is 5.69 Å². The van der Waals surface area contributed by atoms with Crippen LogP contribution in [0.2, 0.25) is 0 Å². The molecular formula is C12H13BrN4O2. The molecule has 0 spiro atoms. The Kier molecular flexibility index (Phi) is 4.16. The van der Waals surface area contributed by atoms with Crippen LogP contribution in [0.15, 0.2) is 34.9 Å². The van der Waals surface area contributed by atoms with Crippen molar-refractivity contribution in [3.8, 4) is 0 Å². The first-order valence-electron chi connectivity index (χ1n) is 5.80. The van der Waals surface area contributed by atoms with Crippen LogP contribution in [-0.4, -0.2) is 14.7 Å². The van der Waals surface area contributed by atoms with Gasteiger partial charge < -0.3 is 5.32 Å². The van der Waals surface area contributed by atoms with E-state index in [0.29, 0.717) is 11.0 Å². The van der Waals surface area contributed by atoms with E-state index in [1.165, 1.54) is 6.07 Å². The van der Waals surface area contributed by atoms with Crippen LogP contribution in [0.3, 0.4) is 0 Å². The summed E-state index contributed by atoms with van der Waals surface area (Å²) in [6.07, 6.45) is 1.76. The molecule has 2 rings (SSSR count). The highest BCUT2D eigenvalue weighted by Crippen LogP contribution is 2.27. The van der Waals surface area contributed by atoms with Crippen LogP contribution >= 0.6 is 15.9 Å². The lowest BCUT2D eigenvalue weighted by atomic mass is 10.3. The predicted octanol–water partition coefficient (Wildman–Crippen LogP) is 3.19. The zero-order valence-corrected chi connectivity index (χ0v) is 11.9. The molecule has 0 aliphatic heterocycles. The van der Waals surface area contributed by atoms with E-state index >= 15 is 0 Å². The molecule has 100 valence electrons. The molecule has 1 aromatic heterocycles. The highest BCUT2D eigenvalue weighted by atomic mass is 79.9. The first-order chi connectivity index (χ1) is 9.11. The number of anilines is 1. The molecule has 6 nitrogen and oxygen atoms in total. The summed E-state index contributed by atoms with van der Waals surface area (Å²) >= 11 is 3.20. The zero-order chi connectivity index (χ0) is 13.8. The highest BCUT2D eigenvalue weighted by Gasteiger charge is 2.11. The highest BCUT2D eigenvalue weighted by molar-refractivity contribution is 9.10. The Balaban J connectivity index is 2.08. The summed E-state index contributed by atoms with van der Waals surface area (Å²) in [6.45, 7) is 3.46. The van der Waals surface area contributed by atoms with Crippen LogP contribution in [0.4, 0.5) is 11.4 Å². The van der Waals surface area contributed by atoms with Crippen molar-refractivity contribution >= 4 is 27.3 Å². The van der Waals surface area contributed by atoms with Gasteiger partial charge in [-0.15, -0.1) is 0 Å². The van der Waals surface area contributed by atoms with E-state index in [4.69, 9.17) is 0 Å². The number of nitro groups is 1. The number of benzene rings is 1. The van der Waals surface area contributed by atoms with Gasteiger partial charge in [0.2, 0.25) is 0 Å². The molecule has 0 radical (unpaired) electrons. The van der Waals surface area contributed by atoms with Crippen LogP contribution < -0.4 is 5.32 Å². The van der Waals surface area contributed by atoms with Gasteiger partial charge in [-0.05, 0) is 41.1 Å². The van der Waals surface area contributed by atoms with E-state index < -0.39 is 4.92 Å². The SMILES string of the molecule is CCn1nccc1CNc1ccc([N+](=O)[O-])c(Br)c1. The van der Waals surface area contributed by atoms with Crippen molar-refractivity contribution in [1.29, 1.82) is 0 Å². The third-order valence-electron chi connectivity index (χ3n) is 2.72. The molecule has 0 aliphatic rings. The van der Waals surface area contributed by atoms with Crippen molar-refractivity contribution in [1.82, 2.24) is 9.78 Å². The molecule has 0 bridgehead atoms. The summed E-state index contributed by atoms with van der Waals surface area (Å²) in [5, 5.41) is 18.1. The lowest BCUT2D eigenvalue weighted by Crippen LogP contribution is -2.07. The third kappa shape index (κ3) is 3.11. The van der Waals surface area contributed by atoms with Gasteiger partial charge >= 0.3 is 0 Å². The monoisotopic (exact) mass is 324 g/mol. The Hall–Kier alpha value is -1.89. The molecular weight excluding hydrogens is 312 g/mol. The average Bonchev–Trinajstić information content (AvgIpc) is 2.83. The summed E-state index contributed by atoms with van der Waals surface area (Å²) in [5.41, 5.74) is 1.95. The van der Waals surface area contributed by atoms with Gasteiger partial charge in [0.15, 0.2) is 0 Å². The van der Waals surface area contributed by atoms with Crippen molar-refractivity contribution in [2.45, 2.75) is 20.0 Å². The molecule has 0 fully saturated rings. The molecule has 1 N–H and O–H groups in total. The molecule has 0 atom stereocenters. The largest absolute Gasteiger partial charge is 0.379 e. The average molecular weight is 325 g/mol. The van der Waals surface area contributed by atoms with Crippen LogP contribution in [0.25, 0.3) is 0 Å². The number of nitro benzene ring substituents is 1. The maximum absolute atomic E-state index is 10.7. The summed E-state index contributed by atoms with van der Waals surface area (Å²) in [4.78, 5) is 10.3. The summed E-state index contributed by atoms with van der Waals surface area (Å²) in [7, 11) is 0. The normalized spacial score (nSPS) is 10.4. The van der Waals surface area contributed by atoms with Crippen molar-refractivity contribution in [3.05, 3.63) is 50.7 Å². The standard InChI is InChI=1S/C12H13BrN4O2/c1-2-16-10(5-6-15-16)8-14-9-3-4-12(17(18)19)11(13)7-9/h3-7,14H,2,8H2,1H3. The number of aryl methyl sites for hydroxylation is 1. The van der Waals surface area contributed by atoms with Gasteiger partial charge in [0, 0.05) is 24.5 Å². The van der Waals surface area contributed by atoms with Gasteiger partial charge in [-0.25, -0.2) is 0 Å². The molecule has 0 saturated carbocycles. The number of rotatable bonds is 5. The second-order valence-electron chi connectivity index (χ2n) is 3.92. The Morgan fingerprint density at radius 3 is 2.89 bits per heavy atom. The Bertz CT molecular complexity index is 597. The predicted molar refractivity (Wildman–Crippen MR) is 76.0 cm³/mol. The van der Waals surface area contributed by atoms with Crippen molar-refractivity contribution < 1.29 is 4.92 Å². The molecule has 7 heteroatoms. The van der Waals surface area contributed by atoms with E-state index in [9.17, 15) is 10.1 Å². The van der Waals surface area contributed by atoms with Crippen LogP contribution in [0, 0.1) is 10.1 Å². The number of hydrogen-bond donors (Lipinski definition) is 1. The first kappa shape index (κ1) is 13.5.